The second-order valence-corrected chi connectivity index (χ2v) is 4.56. The molecule has 2 aromatic heterocycles. The molecule has 0 radical (unpaired) electrons. The lowest BCUT2D eigenvalue weighted by Gasteiger charge is -2.03. The van der Waals surface area contributed by atoms with E-state index in [4.69, 9.17) is 16.7 Å². The summed E-state index contributed by atoms with van der Waals surface area (Å²) in [6.45, 7) is 1.77. The zero-order valence-electron chi connectivity index (χ0n) is 9.88. The number of aryl methyl sites for hydroxylation is 2. The van der Waals surface area contributed by atoms with E-state index in [0.717, 1.165) is 0 Å². The van der Waals surface area contributed by atoms with Crippen molar-refractivity contribution in [3.8, 4) is 6.07 Å². The highest BCUT2D eigenvalue weighted by atomic mass is 32.2. The van der Waals surface area contributed by atoms with E-state index in [1.54, 1.807) is 18.7 Å². The van der Waals surface area contributed by atoms with Gasteiger partial charge in [0.05, 0.1) is 5.69 Å². The van der Waals surface area contributed by atoms with Gasteiger partial charge in [-0.1, -0.05) is 0 Å². The van der Waals surface area contributed by atoms with Gasteiger partial charge in [0, 0.05) is 13.1 Å². The molecular weight excluding hydrogens is 250 g/mol. The summed E-state index contributed by atoms with van der Waals surface area (Å²) in [5.74, 6) is 0.588. The zero-order chi connectivity index (χ0) is 13.3. The second kappa shape index (κ2) is 4.54. The number of rotatable bonds is 2. The van der Waals surface area contributed by atoms with Gasteiger partial charge in [0.25, 0.3) is 0 Å². The lowest BCUT2D eigenvalue weighted by molar-refractivity contribution is 0.690. The summed E-state index contributed by atoms with van der Waals surface area (Å²) >= 11 is 1.21. The van der Waals surface area contributed by atoms with Crippen LogP contribution in [0, 0.1) is 18.3 Å². The lowest BCUT2D eigenvalue weighted by Crippen LogP contribution is -2.00. The van der Waals surface area contributed by atoms with Gasteiger partial charge in [-0.25, -0.2) is 9.97 Å². The normalized spacial score (nSPS) is 10.3. The van der Waals surface area contributed by atoms with Gasteiger partial charge in [0.1, 0.15) is 28.3 Å². The van der Waals surface area contributed by atoms with Gasteiger partial charge in [0.15, 0.2) is 5.16 Å². The second-order valence-electron chi connectivity index (χ2n) is 3.60. The molecule has 0 saturated carbocycles. The monoisotopic (exact) mass is 261 g/mol. The van der Waals surface area contributed by atoms with Crippen LogP contribution in [-0.2, 0) is 7.05 Å². The molecule has 0 aromatic carbocycles. The number of nitrogens with zero attached hydrogens (tertiary/aromatic N) is 5. The number of hydrogen-bond acceptors (Lipinski definition) is 7. The number of nitrogens with two attached hydrogens (primary N) is 2. The van der Waals surface area contributed by atoms with Crippen LogP contribution in [0.1, 0.15) is 11.3 Å². The van der Waals surface area contributed by atoms with Crippen LogP contribution in [0.3, 0.4) is 0 Å². The van der Waals surface area contributed by atoms with Gasteiger partial charge in [-0.05, 0) is 18.7 Å². The Hall–Kier alpha value is -2.27. The van der Waals surface area contributed by atoms with E-state index in [2.05, 4.69) is 21.1 Å². The van der Waals surface area contributed by atoms with Crippen molar-refractivity contribution in [2.75, 3.05) is 11.5 Å². The van der Waals surface area contributed by atoms with Crippen LogP contribution < -0.4 is 11.5 Å². The summed E-state index contributed by atoms with van der Waals surface area (Å²) in [6, 6.07) is 3.59. The molecule has 18 heavy (non-hydrogen) atoms. The van der Waals surface area contributed by atoms with Crippen molar-refractivity contribution in [2.45, 2.75) is 17.1 Å². The van der Waals surface area contributed by atoms with E-state index in [1.807, 2.05) is 0 Å². The van der Waals surface area contributed by atoms with Crippen LogP contribution in [-0.4, -0.2) is 19.7 Å². The smallest absolute Gasteiger partial charge is 0.197 e. The first-order valence-electron chi connectivity index (χ1n) is 5.03. The molecule has 92 valence electrons. The summed E-state index contributed by atoms with van der Waals surface area (Å²) in [5.41, 5.74) is 12.4. The Labute approximate surface area is 108 Å². The maximum absolute atomic E-state index is 9.09. The van der Waals surface area contributed by atoms with Crippen LogP contribution in [0.15, 0.2) is 16.2 Å². The summed E-state index contributed by atoms with van der Waals surface area (Å²) in [4.78, 5) is 8.11. The number of aromatic nitrogens is 4. The summed E-state index contributed by atoms with van der Waals surface area (Å²) in [7, 11) is 1.76. The fraction of sp³-hybridized carbons (Fsp3) is 0.200. The molecule has 0 aliphatic rings. The highest BCUT2D eigenvalue weighted by Gasteiger charge is 2.15. The fourth-order valence-electron chi connectivity index (χ4n) is 1.48. The molecule has 0 bridgehead atoms. The molecule has 2 rings (SSSR count). The highest BCUT2D eigenvalue weighted by Crippen LogP contribution is 2.29. The van der Waals surface area contributed by atoms with E-state index in [0.29, 0.717) is 33.1 Å². The van der Waals surface area contributed by atoms with Gasteiger partial charge >= 0.3 is 0 Å². The molecule has 0 amide bonds. The van der Waals surface area contributed by atoms with Crippen molar-refractivity contribution in [3.05, 3.63) is 17.3 Å². The number of nitrogen functional groups attached to an aromatic ring is 2. The predicted octanol–water partition coefficient (Wildman–Crippen LogP) is 0.706. The number of anilines is 2. The van der Waals surface area contributed by atoms with Gasteiger partial charge in [0.2, 0.25) is 0 Å². The molecule has 7 nitrogen and oxygen atoms in total. The van der Waals surface area contributed by atoms with Gasteiger partial charge in [-0.3, -0.25) is 4.68 Å². The van der Waals surface area contributed by atoms with Gasteiger partial charge in [-0.2, -0.15) is 10.4 Å². The van der Waals surface area contributed by atoms with Crippen LogP contribution in [0.2, 0.25) is 0 Å². The Kier molecular flexibility index (Phi) is 3.08. The third kappa shape index (κ3) is 2.21. The largest absolute Gasteiger partial charge is 0.383 e. The van der Waals surface area contributed by atoms with Gasteiger partial charge in [-0.15, -0.1) is 0 Å². The van der Waals surface area contributed by atoms with Gasteiger partial charge < -0.3 is 11.5 Å². The van der Waals surface area contributed by atoms with Crippen LogP contribution in [0.5, 0.6) is 0 Å². The van der Waals surface area contributed by atoms with Crippen LogP contribution in [0.25, 0.3) is 0 Å². The van der Waals surface area contributed by atoms with Crippen molar-refractivity contribution in [2.24, 2.45) is 7.05 Å². The van der Waals surface area contributed by atoms with Crippen molar-refractivity contribution in [3.63, 3.8) is 0 Å². The van der Waals surface area contributed by atoms with E-state index >= 15 is 0 Å². The number of nitriles is 1. The zero-order valence-corrected chi connectivity index (χ0v) is 10.7. The number of hydrogen-bond donors (Lipinski definition) is 2. The Balaban J connectivity index is 2.43. The quantitative estimate of drug-likeness (QED) is 0.763. The summed E-state index contributed by atoms with van der Waals surface area (Å²) in [5, 5.41) is 14.3. The van der Waals surface area contributed by atoms with E-state index in [-0.39, 0.29) is 0 Å². The summed E-state index contributed by atoms with van der Waals surface area (Å²) < 4.78 is 1.61. The Morgan fingerprint density at radius 3 is 2.50 bits per heavy atom. The lowest BCUT2D eigenvalue weighted by atomic mass is 10.3. The molecule has 0 saturated heterocycles. The predicted molar refractivity (Wildman–Crippen MR) is 67.6 cm³/mol. The molecule has 8 heteroatoms. The van der Waals surface area contributed by atoms with E-state index < -0.39 is 0 Å². The fourth-order valence-corrected chi connectivity index (χ4v) is 2.42. The van der Waals surface area contributed by atoms with E-state index in [1.165, 1.54) is 17.8 Å². The average molecular weight is 261 g/mol. The minimum atomic E-state index is 0.294. The molecule has 0 atom stereocenters. The van der Waals surface area contributed by atoms with Crippen LogP contribution >= 0.6 is 11.8 Å². The molecule has 2 heterocycles. The van der Waals surface area contributed by atoms with Crippen molar-refractivity contribution in [1.82, 2.24) is 19.7 Å². The maximum atomic E-state index is 9.09. The topological polar surface area (TPSA) is 119 Å². The van der Waals surface area contributed by atoms with Crippen LogP contribution in [0.4, 0.5) is 11.6 Å². The molecule has 0 unspecified atom stereocenters. The molecular formula is C10H11N7S. The third-order valence-electron chi connectivity index (χ3n) is 2.21. The molecule has 2 aromatic rings. The third-order valence-corrected chi connectivity index (χ3v) is 3.24. The first-order valence-corrected chi connectivity index (χ1v) is 5.84. The van der Waals surface area contributed by atoms with Crippen molar-refractivity contribution < 1.29 is 0 Å². The molecule has 0 aliphatic heterocycles. The minimum Gasteiger partial charge on any atom is -0.383 e. The maximum Gasteiger partial charge on any atom is 0.197 e. The SMILES string of the molecule is Cc1nn(C)c(Sc2nc(N)cc(N)n2)c1C#N. The molecule has 0 aliphatic carbocycles. The molecule has 4 N–H and O–H groups in total. The molecule has 0 fully saturated rings. The minimum absolute atomic E-state index is 0.294. The highest BCUT2D eigenvalue weighted by molar-refractivity contribution is 7.99. The standard InChI is InChI=1S/C10H11N7S/c1-5-6(4-11)9(17(2)16-5)18-10-14-7(12)3-8(13)15-10/h3H,1-2H3,(H4,12,13,14,15). The molecule has 0 spiro atoms. The average Bonchev–Trinajstić information content (AvgIpc) is 2.52. The van der Waals surface area contributed by atoms with Crippen molar-refractivity contribution >= 4 is 23.4 Å². The summed E-state index contributed by atoms with van der Waals surface area (Å²) in [6.07, 6.45) is 0. The van der Waals surface area contributed by atoms with E-state index in [9.17, 15) is 0 Å². The Bertz CT molecular complexity index is 620. The first kappa shape index (κ1) is 12.2. The first-order chi connectivity index (χ1) is 8.51. The Morgan fingerprint density at radius 2 is 1.94 bits per heavy atom. The van der Waals surface area contributed by atoms with Crippen molar-refractivity contribution in [1.29, 1.82) is 5.26 Å². The Morgan fingerprint density at radius 1 is 1.33 bits per heavy atom.